The molecule has 1 unspecified atom stereocenters. The molecule has 0 fully saturated rings. The molecule has 24 heavy (non-hydrogen) atoms. The first-order valence-corrected chi connectivity index (χ1v) is 9.69. The fourth-order valence-electron chi connectivity index (χ4n) is 4.04. The van der Waals surface area contributed by atoms with Crippen molar-refractivity contribution >= 4 is 22.9 Å². The van der Waals surface area contributed by atoms with Gasteiger partial charge in [0.1, 0.15) is 0 Å². The van der Waals surface area contributed by atoms with Gasteiger partial charge in [0.2, 0.25) is 0 Å². The number of halogens is 1. The predicted molar refractivity (Wildman–Crippen MR) is 98.6 cm³/mol. The van der Waals surface area contributed by atoms with Crippen molar-refractivity contribution in [3.63, 3.8) is 0 Å². The normalized spacial score (nSPS) is 20.9. The molecule has 128 valence electrons. The molecule has 2 aliphatic heterocycles. The van der Waals surface area contributed by atoms with E-state index < -0.39 is 0 Å². The zero-order chi connectivity index (χ0) is 16.8. The number of hydrogen-bond acceptors (Lipinski definition) is 4. The Kier molecular flexibility index (Phi) is 4.23. The number of phenols is 1. The van der Waals surface area contributed by atoms with Crippen molar-refractivity contribution in [2.45, 2.75) is 44.1 Å². The van der Waals surface area contributed by atoms with E-state index in [2.05, 4.69) is 17.9 Å². The largest absolute Gasteiger partial charge is 0.504 e. The first-order chi connectivity index (χ1) is 11.6. The van der Waals surface area contributed by atoms with Gasteiger partial charge in [-0.15, -0.1) is 22.9 Å². The van der Waals surface area contributed by atoms with Gasteiger partial charge in [0, 0.05) is 39.8 Å². The number of ether oxygens (including phenoxy) is 1. The van der Waals surface area contributed by atoms with E-state index in [1.54, 1.807) is 13.2 Å². The second-order valence-corrected chi connectivity index (χ2v) is 8.74. The molecular weight excluding hydrogens is 342 g/mol. The zero-order valence-corrected chi connectivity index (χ0v) is 15.6. The summed E-state index contributed by atoms with van der Waals surface area (Å²) in [5, 5.41) is 10.2. The highest BCUT2D eigenvalue weighted by Gasteiger charge is 2.35. The summed E-state index contributed by atoms with van der Waals surface area (Å²) in [6, 6.07) is 6.61. The maximum absolute atomic E-state index is 10.1. The maximum atomic E-state index is 10.1. The topological polar surface area (TPSA) is 32.7 Å². The standard InChI is InChI=1S/C19H22ClNO2S/c1-11(20)7-13-9-14-16-8-12-3-4-17(22)19(23-2)15(12)10-21(16)6-5-18(14)24-13/h3-4,9,11,16,22H,5-8,10H2,1-2H3/t11-,16?/m0/s1. The minimum absolute atomic E-state index is 0.181. The summed E-state index contributed by atoms with van der Waals surface area (Å²) in [7, 11) is 1.63. The van der Waals surface area contributed by atoms with Gasteiger partial charge in [-0.3, -0.25) is 4.90 Å². The summed E-state index contributed by atoms with van der Waals surface area (Å²) in [4.78, 5) is 5.45. The molecule has 0 saturated carbocycles. The molecule has 2 atom stereocenters. The highest BCUT2D eigenvalue weighted by molar-refractivity contribution is 7.12. The molecule has 0 radical (unpaired) electrons. The van der Waals surface area contributed by atoms with Gasteiger partial charge in [0.25, 0.3) is 0 Å². The van der Waals surface area contributed by atoms with Crippen LogP contribution in [-0.2, 0) is 25.8 Å². The van der Waals surface area contributed by atoms with E-state index in [-0.39, 0.29) is 11.1 Å². The summed E-state index contributed by atoms with van der Waals surface area (Å²) in [5.74, 6) is 0.875. The minimum atomic E-state index is 0.181. The second kappa shape index (κ2) is 6.25. The number of aromatic hydroxyl groups is 1. The Labute approximate surface area is 151 Å². The predicted octanol–water partition coefficient (Wildman–Crippen LogP) is 4.29. The Morgan fingerprint density at radius 1 is 1.46 bits per heavy atom. The molecule has 2 aliphatic rings. The molecule has 3 heterocycles. The Morgan fingerprint density at radius 3 is 3.04 bits per heavy atom. The van der Waals surface area contributed by atoms with E-state index in [1.807, 2.05) is 17.4 Å². The molecule has 3 nitrogen and oxygen atoms in total. The Balaban J connectivity index is 1.69. The van der Waals surface area contributed by atoms with Crippen molar-refractivity contribution in [1.29, 1.82) is 0 Å². The average molecular weight is 364 g/mol. The summed E-state index contributed by atoms with van der Waals surface area (Å²) >= 11 is 8.12. The molecule has 0 bridgehead atoms. The SMILES string of the molecule is COc1c(O)ccc2c1CN1CCc3sc(C[C@H](C)Cl)cc3C1C2. The van der Waals surface area contributed by atoms with Crippen molar-refractivity contribution in [3.8, 4) is 11.5 Å². The van der Waals surface area contributed by atoms with Gasteiger partial charge >= 0.3 is 0 Å². The van der Waals surface area contributed by atoms with E-state index in [0.717, 1.165) is 37.9 Å². The van der Waals surface area contributed by atoms with Crippen molar-refractivity contribution in [1.82, 2.24) is 4.90 Å². The molecule has 0 amide bonds. The molecule has 1 aromatic carbocycles. The van der Waals surface area contributed by atoms with Crippen LogP contribution < -0.4 is 4.74 Å². The maximum Gasteiger partial charge on any atom is 0.165 e. The smallest absolute Gasteiger partial charge is 0.165 e. The summed E-state index contributed by atoms with van der Waals surface area (Å²) < 4.78 is 5.45. The van der Waals surface area contributed by atoms with E-state index >= 15 is 0 Å². The van der Waals surface area contributed by atoms with Crippen molar-refractivity contribution < 1.29 is 9.84 Å². The third-order valence-electron chi connectivity index (χ3n) is 5.12. The van der Waals surface area contributed by atoms with Gasteiger partial charge in [-0.1, -0.05) is 6.07 Å². The van der Waals surface area contributed by atoms with E-state index in [1.165, 1.54) is 20.9 Å². The number of phenolic OH excluding ortho intramolecular Hbond substituents is 1. The molecule has 4 rings (SSSR count). The molecule has 1 aromatic heterocycles. The number of rotatable bonds is 3. The number of fused-ring (bicyclic) bond motifs is 4. The van der Waals surface area contributed by atoms with Crippen LogP contribution in [0.2, 0.25) is 0 Å². The Morgan fingerprint density at radius 2 is 2.29 bits per heavy atom. The molecule has 0 saturated heterocycles. The zero-order valence-electron chi connectivity index (χ0n) is 14.0. The van der Waals surface area contributed by atoms with Crippen LogP contribution in [0, 0.1) is 0 Å². The molecule has 2 aromatic rings. The van der Waals surface area contributed by atoms with Gasteiger partial charge in [-0.2, -0.15) is 0 Å². The van der Waals surface area contributed by atoms with Gasteiger partial charge in [0.15, 0.2) is 11.5 Å². The van der Waals surface area contributed by atoms with Crippen molar-refractivity contribution in [2.24, 2.45) is 0 Å². The Hall–Kier alpha value is -1.23. The fourth-order valence-corrected chi connectivity index (χ4v) is 5.64. The highest BCUT2D eigenvalue weighted by atomic mass is 35.5. The van der Waals surface area contributed by atoms with Crippen LogP contribution in [0.3, 0.4) is 0 Å². The molecule has 1 N–H and O–H groups in total. The number of thiophene rings is 1. The molecule has 5 heteroatoms. The quantitative estimate of drug-likeness (QED) is 0.826. The minimum Gasteiger partial charge on any atom is -0.504 e. The highest BCUT2D eigenvalue weighted by Crippen LogP contribution is 2.45. The van der Waals surface area contributed by atoms with Crippen molar-refractivity contribution in [2.75, 3.05) is 13.7 Å². The first-order valence-electron chi connectivity index (χ1n) is 8.44. The summed E-state index contributed by atoms with van der Waals surface area (Å²) in [5.41, 5.74) is 3.91. The number of alkyl halides is 1. The van der Waals surface area contributed by atoms with Gasteiger partial charge in [0.05, 0.1) is 7.11 Å². The van der Waals surface area contributed by atoms with Crippen LogP contribution in [0.25, 0.3) is 0 Å². The fraction of sp³-hybridized carbons (Fsp3) is 0.474. The van der Waals surface area contributed by atoms with Crippen LogP contribution in [0.1, 0.15) is 39.4 Å². The van der Waals surface area contributed by atoms with Crippen LogP contribution in [-0.4, -0.2) is 29.0 Å². The van der Waals surface area contributed by atoms with E-state index in [0.29, 0.717) is 11.8 Å². The second-order valence-electron chi connectivity index (χ2n) is 6.77. The summed E-state index contributed by atoms with van der Waals surface area (Å²) in [6.45, 7) is 3.96. The first kappa shape index (κ1) is 16.2. The van der Waals surface area contributed by atoms with Crippen LogP contribution in [0.15, 0.2) is 18.2 Å². The van der Waals surface area contributed by atoms with Crippen molar-refractivity contribution in [3.05, 3.63) is 44.6 Å². The molecular formula is C19H22ClNO2S. The van der Waals surface area contributed by atoms with Gasteiger partial charge < -0.3 is 9.84 Å². The average Bonchev–Trinajstić information content (AvgIpc) is 2.95. The lowest BCUT2D eigenvalue weighted by Gasteiger charge is -2.40. The van der Waals surface area contributed by atoms with Crippen LogP contribution in [0.4, 0.5) is 0 Å². The summed E-state index contributed by atoms with van der Waals surface area (Å²) in [6.07, 6.45) is 3.03. The molecule has 0 spiro atoms. The van der Waals surface area contributed by atoms with E-state index in [4.69, 9.17) is 16.3 Å². The lowest BCUT2D eigenvalue weighted by Crippen LogP contribution is -2.38. The number of nitrogens with zero attached hydrogens (tertiary/aromatic N) is 1. The number of benzene rings is 1. The third kappa shape index (κ3) is 2.71. The lowest BCUT2D eigenvalue weighted by atomic mass is 9.86. The number of hydrogen-bond donors (Lipinski definition) is 1. The van der Waals surface area contributed by atoms with Gasteiger partial charge in [-0.05, 0) is 49.4 Å². The molecule has 0 aliphatic carbocycles. The van der Waals surface area contributed by atoms with Gasteiger partial charge in [-0.25, -0.2) is 0 Å². The monoisotopic (exact) mass is 363 g/mol. The lowest BCUT2D eigenvalue weighted by molar-refractivity contribution is 0.159. The van der Waals surface area contributed by atoms with Crippen LogP contribution in [0.5, 0.6) is 11.5 Å². The Bertz CT molecular complexity index is 771. The number of methoxy groups -OCH3 is 1. The third-order valence-corrected chi connectivity index (χ3v) is 6.50. The van der Waals surface area contributed by atoms with E-state index in [9.17, 15) is 5.11 Å². The van der Waals surface area contributed by atoms with Crippen LogP contribution >= 0.6 is 22.9 Å².